The molecule has 0 aliphatic heterocycles. The molecule has 0 N–H and O–H groups in total. The van der Waals surface area contributed by atoms with Gasteiger partial charge in [-0.1, -0.05) is 60.7 Å². The zero-order chi connectivity index (χ0) is 16.2. The smallest absolute Gasteiger partial charge is 0.159 e. The Morgan fingerprint density at radius 2 is 1.54 bits per heavy atom. The maximum Gasteiger partial charge on any atom is 0.159 e. The SMILES string of the molecule is c1ccc(COc2ccc3nc(-c4ccccc4)ncc3c2)cc1. The molecule has 0 amide bonds. The molecular weight excluding hydrogens is 296 g/mol. The first-order valence-electron chi connectivity index (χ1n) is 7.87. The number of ether oxygens (including phenoxy) is 1. The predicted octanol–water partition coefficient (Wildman–Crippen LogP) is 4.88. The summed E-state index contributed by atoms with van der Waals surface area (Å²) in [6, 6.07) is 26.0. The average molecular weight is 312 g/mol. The lowest BCUT2D eigenvalue weighted by atomic mass is 10.2. The first kappa shape index (κ1) is 14.4. The van der Waals surface area contributed by atoms with E-state index in [-0.39, 0.29) is 0 Å². The van der Waals surface area contributed by atoms with Gasteiger partial charge in [0.1, 0.15) is 12.4 Å². The minimum absolute atomic E-state index is 0.551. The van der Waals surface area contributed by atoms with E-state index in [1.807, 2.05) is 72.9 Å². The molecule has 0 aliphatic rings. The second kappa shape index (κ2) is 6.50. The van der Waals surface area contributed by atoms with E-state index in [2.05, 4.69) is 22.1 Å². The van der Waals surface area contributed by atoms with E-state index < -0.39 is 0 Å². The molecule has 1 aromatic heterocycles. The van der Waals surface area contributed by atoms with Gasteiger partial charge in [0.25, 0.3) is 0 Å². The third-order valence-corrected chi connectivity index (χ3v) is 3.83. The molecule has 0 fully saturated rings. The number of fused-ring (bicyclic) bond motifs is 1. The summed E-state index contributed by atoms with van der Waals surface area (Å²) in [4.78, 5) is 9.11. The van der Waals surface area contributed by atoms with Crippen molar-refractivity contribution in [3.05, 3.63) is 90.6 Å². The van der Waals surface area contributed by atoms with E-state index in [1.54, 1.807) is 0 Å². The molecule has 0 unspecified atom stereocenters. The topological polar surface area (TPSA) is 35.0 Å². The fourth-order valence-electron chi connectivity index (χ4n) is 2.57. The van der Waals surface area contributed by atoms with E-state index in [1.165, 1.54) is 0 Å². The summed E-state index contributed by atoms with van der Waals surface area (Å²) in [5.41, 5.74) is 3.08. The van der Waals surface area contributed by atoms with Crippen molar-refractivity contribution in [2.24, 2.45) is 0 Å². The predicted molar refractivity (Wildman–Crippen MR) is 95.7 cm³/mol. The number of benzene rings is 3. The highest BCUT2D eigenvalue weighted by molar-refractivity contribution is 5.81. The lowest BCUT2D eigenvalue weighted by Crippen LogP contribution is -1.95. The lowest BCUT2D eigenvalue weighted by Gasteiger charge is -2.08. The normalized spacial score (nSPS) is 10.7. The van der Waals surface area contributed by atoms with E-state index in [9.17, 15) is 0 Å². The molecule has 0 saturated heterocycles. The van der Waals surface area contributed by atoms with Crippen molar-refractivity contribution in [1.29, 1.82) is 0 Å². The minimum Gasteiger partial charge on any atom is -0.489 e. The zero-order valence-corrected chi connectivity index (χ0v) is 13.1. The Morgan fingerprint density at radius 1 is 0.792 bits per heavy atom. The molecule has 0 radical (unpaired) electrons. The van der Waals surface area contributed by atoms with E-state index in [4.69, 9.17) is 4.74 Å². The first-order chi connectivity index (χ1) is 11.9. The molecule has 4 rings (SSSR count). The molecule has 0 saturated carbocycles. The summed E-state index contributed by atoms with van der Waals surface area (Å²) in [5, 5.41) is 0.972. The first-order valence-corrected chi connectivity index (χ1v) is 7.87. The van der Waals surface area contributed by atoms with Crippen LogP contribution in [0.4, 0.5) is 0 Å². The molecule has 0 bridgehead atoms. The number of nitrogens with zero attached hydrogens (tertiary/aromatic N) is 2. The summed E-state index contributed by atoms with van der Waals surface area (Å²) >= 11 is 0. The van der Waals surface area contributed by atoms with E-state index in [0.29, 0.717) is 6.61 Å². The third-order valence-electron chi connectivity index (χ3n) is 3.83. The van der Waals surface area contributed by atoms with Gasteiger partial charge in [0.15, 0.2) is 5.82 Å². The van der Waals surface area contributed by atoms with E-state index in [0.717, 1.165) is 33.6 Å². The molecule has 3 aromatic carbocycles. The molecular formula is C21H16N2O. The van der Waals surface area contributed by atoms with Crippen molar-refractivity contribution in [3.8, 4) is 17.1 Å². The van der Waals surface area contributed by atoms with Gasteiger partial charge in [-0.05, 0) is 23.8 Å². The van der Waals surface area contributed by atoms with Gasteiger partial charge in [0.05, 0.1) is 5.52 Å². The zero-order valence-electron chi connectivity index (χ0n) is 13.1. The van der Waals surface area contributed by atoms with Gasteiger partial charge in [-0.15, -0.1) is 0 Å². The van der Waals surface area contributed by atoms with Crippen LogP contribution in [0.2, 0.25) is 0 Å². The summed E-state index contributed by atoms with van der Waals surface area (Å²) in [7, 11) is 0. The van der Waals surface area contributed by atoms with Crippen LogP contribution in [0.1, 0.15) is 5.56 Å². The monoisotopic (exact) mass is 312 g/mol. The molecule has 0 atom stereocenters. The van der Waals surface area contributed by atoms with Gasteiger partial charge in [-0.2, -0.15) is 0 Å². The minimum atomic E-state index is 0.551. The quantitative estimate of drug-likeness (QED) is 0.539. The average Bonchev–Trinajstić information content (AvgIpc) is 2.67. The molecule has 1 heterocycles. The van der Waals surface area contributed by atoms with Crippen LogP contribution in [0.15, 0.2) is 85.1 Å². The van der Waals surface area contributed by atoms with Gasteiger partial charge in [-0.25, -0.2) is 9.97 Å². The van der Waals surface area contributed by atoms with Gasteiger partial charge in [-0.3, -0.25) is 0 Å². The standard InChI is InChI=1S/C21H16N2O/c1-3-7-16(8-4-1)15-24-19-11-12-20-18(13-19)14-22-21(23-20)17-9-5-2-6-10-17/h1-14H,15H2. The van der Waals surface area contributed by atoms with Crippen molar-refractivity contribution >= 4 is 10.9 Å². The fourth-order valence-corrected chi connectivity index (χ4v) is 2.57. The number of hydrogen-bond donors (Lipinski definition) is 0. The van der Waals surface area contributed by atoms with Crippen LogP contribution >= 0.6 is 0 Å². The van der Waals surface area contributed by atoms with Gasteiger partial charge in [0, 0.05) is 17.1 Å². The van der Waals surface area contributed by atoms with Crippen LogP contribution in [-0.4, -0.2) is 9.97 Å². The van der Waals surface area contributed by atoms with Crippen molar-refractivity contribution in [3.63, 3.8) is 0 Å². The van der Waals surface area contributed by atoms with Crippen LogP contribution < -0.4 is 4.74 Å². The molecule has 3 heteroatoms. The summed E-state index contributed by atoms with van der Waals surface area (Å²) in [6.45, 7) is 0.551. The van der Waals surface area contributed by atoms with Crippen LogP contribution in [0.5, 0.6) is 5.75 Å². The number of rotatable bonds is 4. The molecule has 24 heavy (non-hydrogen) atoms. The Kier molecular flexibility index (Phi) is 3.90. The van der Waals surface area contributed by atoms with Crippen molar-refractivity contribution in [1.82, 2.24) is 9.97 Å². The molecule has 116 valence electrons. The number of aromatic nitrogens is 2. The Balaban J connectivity index is 1.58. The van der Waals surface area contributed by atoms with E-state index >= 15 is 0 Å². The fraction of sp³-hybridized carbons (Fsp3) is 0.0476. The Morgan fingerprint density at radius 3 is 2.33 bits per heavy atom. The highest BCUT2D eigenvalue weighted by atomic mass is 16.5. The van der Waals surface area contributed by atoms with Crippen molar-refractivity contribution < 1.29 is 4.74 Å². The Bertz CT molecular complexity index is 953. The summed E-state index contributed by atoms with van der Waals surface area (Å²) in [6.07, 6.45) is 1.85. The molecule has 0 aliphatic carbocycles. The second-order valence-electron chi connectivity index (χ2n) is 5.55. The van der Waals surface area contributed by atoms with Gasteiger partial charge < -0.3 is 4.74 Å². The molecule has 0 spiro atoms. The Labute approximate surface area is 140 Å². The highest BCUT2D eigenvalue weighted by Crippen LogP contribution is 2.22. The summed E-state index contributed by atoms with van der Waals surface area (Å²) < 4.78 is 5.86. The van der Waals surface area contributed by atoms with Crippen molar-refractivity contribution in [2.75, 3.05) is 0 Å². The maximum absolute atomic E-state index is 5.86. The number of hydrogen-bond acceptors (Lipinski definition) is 3. The largest absolute Gasteiger partial charge is 0.489 e. The van der Waals surface area contributed by atoms with Crippen LogP contribution in [-0.2, 0) is 6.61 Å². The van der Waals surface area contributed by atoms with Gasteiger partial charge in [0.2, 0.25) is 0 Å². The highest BCUT2D eigenvalue weighted by Gasteiger charge is 2.04. The maximum atomic E-state index is 5.86. The van der Waals surface area contributed by atoms with Crippen LogP contribution in [0.3, 0.4) is 0 Å². The third kappa shape index (κ3) is 3.10. The van der Waals surface area contributed by atoms with Crippen molar-refractivity contribution in [2.45, 2.75) is 6.61 Å². The lowest BCUT2D eigenvalue weighted by molar-refractivity contribution is 0.306. The van der Waals surface area contributed by atoms with Crippen LogP contribution in [0, 0.1) is 0 Å². The van der Waals surface area contributed by atoms with Crippen LogP contribution in [0.25, 0.3) is 22.3 Å². The molecule has 4 aromatic rings. The molecule has 3 nitrogen and oxygen atoms in total. The van der Waals surface area contributed by atoms with Gasteiger partial charge >= 0.3 is 0 Å². The second-order valence-corrected chi connectivity index (χ2v) is 5.55. The summed E-state index contributed by atoms with van der Waals surface area (Å²) in [5.74, 6) is 1.56. The Hall–Kier alpha value is -3.20.